The minimum Gasteiger partial charge on any atom is -0.466 e. The summed E-state index contributed by atoms with van der Waals surface area (Å²) >= 11 is 0. The van der Waals surface area contributed by atoms with Gasteiger partial charge in [-0.3, -0.25) is 4.79 Å². The van der Waals surface area contributed by atoms with Gasteiger partial charge in [0.1, 0.15) is 5.60 Å². The van der Waals surface area contributed by atoms with Gasteiger partial charge in [0.2, 0.25) is 6.29 Å². The molecule has 2 rings (SSSR count). The van der Waals surface area contributed by atoms with Crippen molar-refractivity contribution in [2.75, 3.05) is 13.7 Å². The summed E-state index contributed by atoms with van der Waals surface area (Å²) in [5.41, 5.74) is -1.87. The van der Waals surface area contributed by atoms with Gasteiger partial charge in [0.25, 0.3) is 0 Å². The summed E-state index contributed by atoms with van der Waals surface area (Å²) in [4.78, 5) is 24.1. The first-order valence-corrected chi connectivity index (χ1v) is 7.36. The van der Waals surface area contributed by atoms with Gasteiger partial charge in [0.15, 0.2) is 0 Å². The summed E-state index contributed by atoms with van der Waals surface area (Å²) < 4.78 is 15.0. The van der Waals surface area contributed by atoms with E-state index in [1.54, 1.807) is 6.92 Å². The summed E-state index contributed by atoms with van der Waals surface area (Å²) in [5.74, 6) is -2.28. The number of hydrogen-bond acceptors (Lipinski definition) is 7. The molecule has 1 fully saturated rings. The number of carbonyl (C=O) groups is 2. The molecule has 0 aromatic rings. The predicted octanol–water partition coefficient (Wildman–Crippen LogP) is 0.143. The zero-order valence-electron chi connectivity index (χ0n) is 12.9. The van der Waals surface area contributed by atoms with Gasteiger partial charge in [0, 0.05) is 13.5 Å². The summed E-state index contributed by atoms with van der Waals surface area (Å²) in [6.45, 7) is 3.77. The Hall–Kier alpha value is -1.44. The molecule has 0 radical (unpaired) electrons. The number of cyclic esters (lactones) is 1. The molecule has 0 bridgehead atoms. The van der Waals surface area contributed by atoms with Crippen molar-refractivity contribution < 1.29 is 34.0 Å². The second-order valence-electron chi connectivity index (χ2n) is 5.80. The van der Waals surface area contributed by atoms with Crippen LogP contribution in [0, 0.1) is 11.8 Å². The highest BCUT2D eigenvalue weighted by Gasteiger charge is 2.55. The molecule has 7 nitrogen and oxygen atoms in total. The Morgan fingerprint density at radius 2 is 2.23 bits per heavy atom. The third-order valence-electron chi connectivity index (χ3n) is 4.43. The fraction of sp³-hybridized carbons (Fsp3) is 0.733. The van der Waals surface area contributed by atoms with E-state index in [0.29, 0.717) is 6.42 Å². The number of rotatable bonds is 4. The van der Waals surface area contributed by atoms with Crippen LogP contribution < -0.4 is 0 Å². The fourth-order valence-corrected chi connectivity index (χ4v) is 3.25. The van der Waals surface area contributed by atoms with E-state index in [0.717, 1.165) is 6.08 Å². The average Bonchev–Trinajstić information content (AvgIpc) is 2.80. The normalized spacial score (nSPS) is 38.4. The van der Waals surface area contributed by atoms with Crippen LogP contribution in [0.1, 0.15) is 26.7 Å². The van der Waals surface area contributed by atoms with Crippen LogP contribution in [0.2, 0.25) is 0 Å². The van der Waals surface area contributed by atoms with E-state index in [-0.39, 0.29) is 30.6 Å². The Morgan fingerprint density at radius 3 is 2.73 bits per heavy atom. The second-order valence-corrected chi connectivity index (χ2v) is 5.80. The van der Waals surface area contributed by atoms with Gasteiger partial charge in [-0.1, -0.05) is 6.92 Å². The number of aliphatic hydroxyl groups is 2. The molecule has 7 heteroatoms. The topological polar surface area (TPSA) is 102 Å². The van der Waals surface area contributed by atoms with Crippen LogP contribution in [0.4, 0.5) is 0 Å². The van der Waals surface area contributed by atoms with Crippen LogP contribution in [0.3, 0.4) is 0 Å². The van der Waals surface area contributed by atoms with Crippen molar-refractivity contribution >= 4 is 11.9 Å². The molecule has 1 aliphatic carbocycles. The number of carbonyl (C=O) groups excluding carboxylic acids is 2. The third-order valence-corrected chi connectivity index (χ3v) is 4.43. The molecule has 1 unspecified atom stereocenters. The Balaban J connectivity index is 2.38. The van der Waals surface area contributed by atoms with Crippen molar-refractivity contribution in [3.8, 4) is 0 Å². The predicted molar refractivity (Wildman–Crippen MR) is 74.4 cm³/mol. The van der Waals surface area contributed by atoms with E-state index in [2.05, 4.69) is 4.74 Å². The lowest BCUT2D eigenvalue weighted by Crippen LogP contribution is -2.54. The quantitative estimate of drug-likeness (QED) is 0.712. The molecule has 22 heavy (non-hydrogen) atoms. The van der Waals surface area contributed by atoms with Crippen molar-refractivity contribution in [3.05, 3.63) is 11.6 Å². The Bertz CT molecular complexity index is 486. The minimum atomic E-state index is -1.77. The molecule has 1 saturated carbocycles. The summed E-state index contributed by atoms with van der Waals surface area (Å²) in [5, 5.41) is 20.5. The molecule has 0 spiro atoms. The molecular weight excluding hydrogens is 292 g/mol. The van der Waals surface area contributed by atoms with E-state index < -0.39 is 29.7 Å². The van der Waals surface area contributed by atoms with E-state index >= 15 is 0 Å². The van der Waals surface area contributed by atoms with Gasteiger partial charge >= 0.3 is 11.9 Å². The van der Waals surface area contributed by atoms with Gasteiger partial charge < -0.3 is 24.4 Å². The van der Waals surface area contributed by atoms with Crippen LogP contribution in [0.5, 0.6) is 0 Å². The Morgan fingerprint density at radius 1 is 1.55 bits per heavy atom. The highest BCUT2D eigenvalue weighted by Crippen LogP contribution is 2.44. The first kappa shape index (κ1) is 16.9. The molecule has 2 N–H and O–H groups in total. The van der Waals surface area contributed by atoms with E-state index in [9.17, 15) is 19.8 Å². The Labute approximate surface area is 128 Å². The fourth-order valence-electron chi connectivity index (χ4n) is 3.25. The van der Waals surface area contributed by atoms with E-state index in [1.807, 2.05) is 6.92 Å². The van der Waals surface area contributed by atoms with Gasteiger partial charge in [-0.2, -0.15) is 0 Å². The summed E-state index contributed by atoms with van der Waals surface area (Å²) in [6.07, 6.45) is -0.218. The zero-order valence-corrected chi connectivity index (χ0v) is 12.9. The first-order valence-electron chi connectivity index (χ1n) is 7.36. The van der Waals surface area contributed by atoms with Crippen molar-refractivity contribution in [3.63, 3.8) is 0 Å². The SMILES string of the molecule is CCOC(=O)[C@H]1C[C@@H](C)[C@H](OC)C[C@]1(O)C1=CC(O)OC1=O. The zero-order chi connectivity index (χ0) is 16.5. The van der Waals surface area contributed by atoms with Crippen molar-refractivity contribution in [1.82, 2.24) is 0 Å². The highest BCUT2D eigenvalue weighted by molar-refractivity contribution is 5.94. The minimum absolute atomic E-state index is 0.0163. The van der Waals surface area contributed by atoms with Gasteiger partial charge in [-0.25, -0.2) is 4.79 Å². The van der Waals surface area contributed by atoms with Gasteiger partial charge in [0.05, 0.1) is 24.2 Å². The van der Waals surface area contributed by atoms with Crippen molar-refractivity contribution in [2.45, 2.75) is 44.7 Å². The molecule has 0 saturated heterocycles. The van der Waals surface area contributed by atoms with Crippen LogP contribution in [0.15, 0.2) is 11.6 Å². The third kappa shape index (κ3) is 2.88. The molecule has 0 aromatic carbocycles. The van der Waals surface area contributed by atoms with Crippen LogP contribution in [-0.4, -0.2) is 53.9 Å². The maximum absolute atomic E-state index is 12.2. The number of hydrogen-bond donors (Lipinski definition) is 2. The van der Waals surface area contributed by atoms with Gasteiger partial charge in [-0.15, -0.1) is 0 Å². The monoisotopic (exact) mass is 314 g/mol. The maximum atomic E-state index is 12.2. The van der Waals surface area contributed by atoms with E-state index in [1.165, 1.54) is 7.11 Å². The first-order chi connectivity index (χ1) is 10.3. The lowest BCUT2D eigenvalue weighted by atomic mass is 9.66. The van der Waals surface area contributed by atoms with E-state index in [4.69, 9.17) is 9.47 Å². The largest absolute Gasteiger partial charge is 0.466 e. The smallest absolute Gasteiger partial charge is 0.339 e. The van der Waals surface area contributed by atoms with Crippen molar-refractivity contribution in [2.24, 2.45) is 11.8 Å². The van der Waals surface area contributed by atoms with Gasteiger partial charge in [-0.05, 0) is 25.3 Å². The average molecular weight is 314 g/mol. The lowest BCUT2D eigenvalue weighted by Gasteiger charge is -2.44. The maximum Gasteiger partial charge on any atom is 0.339 e. The molecule has 5 atom stereocenters. The molecule has 0 amide bonds. The summed E-state index contributed by atoms with van der Waals surface area (Å²) in [6, 6.07) is 0. The summed E-state index contributed by atoms with van der Waals surface area (Å²) in [7, 11) is 1.52. The standard InChI is InChI=1S/C15H22O7/c1-4-21-13(17)9-5-8(2)11(20-3)7-15(9,19)10-6-12(16)22-14(10)18/h6,8-9,11-12,16,19H,4-5,7H2,1-3H3/t8-,9-,11-,12?,15-/m1/s1. The molecule has 0 aromatic heterocycles. The molecular formula is C15H22O7. The van der Waals surface area contributed by atoms with Crippen LogP contribution in [-0.2, 0) is 23.8 Å². The van der Waals surface area contributed by atoms with Crippen LogP contribution >= 0.6 is 0 Å². The second kappa shape index (κ2) is 6.36. The number of ether oxygens (including phenoxy) is 3. The molecule has 1 aliphatic heterocycles. The lowest BCUT2D eigenvalue weighted by molar-refractivity contribution is -0.169. The van der Waals surface area contributed by atoms with Crippen LogP contribution in [0.25, 0.3) is 0 Å². The number of aliphatic hydroxyl groups excluding tert-OH is 1. The number of methoxy groups -OCH3 is 1. The van der Waals surface area contributed by atoms with Crippen molar-refractivity contribution in [1.29, 1.82) is 0 Å². The number of esters is 2. The molecule has 1 heterocycles. The Kier molecular flexibility index (Phi) is 4.89. The molecule has 2 aliphatic rings. The highest BCUT2D eigenvalue weighted by atomic mass is 16.6. The molecule has 124 valence electrons.